The van der Waals surface area contributed by atoms with Gasteiger partial charge in [0.25, 0.3) is 11.8 Å². The van der Waals surface area contributed by atoms with E-state index in [0.717, 1.165) is 5.56 Å². The molecule has 0 saturated carbocycles. The molecule has 9 heteroatoms. The number of carbonyl (C=O) groups is 3. The minimum atomic E-state index is -0.697. The topological polar surface area (TPSA) is 115 Å². The molecule has 2 amide bonds. The summed E-state index contributed by atoms with van der Waals surface area (Å²) >= 11 is 0. The first kappa shape index (κ1) is 22.7. The average Bonchev–Trinajstić information content (AvgIpc) is 3.30. The molecule has 0 aliphatic rings. The largest absolute Gasteiger partial charge is 0.452 e. The molecule has 0 saturated heterocycles. The van der Waals surface area contributed by atoms with E-state index in [-0.39, 0.29) is 11.6 Å². The van der Waals surface area contributed by atoms with Crippen LogP contribution in [-0.2, 0) is 9.53 Å². The van der Waals surface area contributed by atoms with Crippen molar-refractivity contribution in [2.24, 2.45) is 0 Å². The Morgan fingerprint density at radius 1 is 0.971 bits per heavy atom. The van der Waals surface area contributed by atoms with Gasteiger partial charge >= 0.3 is 5.97 Å². The predicted octanol–water partition coefficient (Wildman–Crippen LogP) is 3.30. The van der Waals surface area contributed by atoms with Crippen LogP contribution in [-0.4, -0.2) is 39.2 Å². The normalized spacial score (nSPS) is 10.8. The van der Waals surface area contributed by atoms with Gasteiger partial charge < -0.3 is 4.74 Å². The number of aromatic nitrogens is 3. The second-order valence-electron chi connectivity index (χ2n) is 7.79. The number of benzene rings is 2. The van der Waals surface area contributed by atoms with Gasteiger partial charge in [-0.2, -0.15) is 5.10 Å². The summed E-state index contributed by atoms with van der Waals surface area (Å²) in [6, 6.07) is 19.5. The molecule has 172 valence electrons. The second kappa shape index (κ2) is 9.95. The number of nitrogens with one attached hydrogen (secondary N) is 2. The van der Waals surface area contributed by atoms with Gasteiger partial charge in [-0.15, -0.1) is 0 Å². The van der Waals surface area contributed by atoms with Crippen LogP contribution in [0.5, 0.6) is 0 Å². The maximum Gasteiger partial charge on any atom is 0.339 e. The number of hydrazine groups is 1. The molecule has 0 aliphatic carbocycles. The molecule has 2 aromatic heterocycles. The first-order valence-corrected chi connectivity index (χ1v) is 10.7. The van der Waals surface area contributed by atoms with Gasteiger partial charge in [-0.05, 0) is 32.0 Å². The summed E-state index contributed by atoms with van der Waals surface area (Å²) in [6.07, 6.45) is 1.56. The quantitative estimate of drug-likeness (QED) is 0.339. The lowest BCUT2D eigenvalue weighted by Gasteiger charge is -2.11. The number of carbonyl (C=O) groups excluding carboxylic acids is 3. The number of esters is 1. The maximum absolute atomic E-state index is 12.9. The summed E-state index contributed by atoms with van der Waals surface area (Å²) in [6.45, 7) is 3.36. The standard InChI is InChI=1S/C25H23N5O4/c1-16(2)30-23-20(14-26-30)19(13-21(27-23)17-9-5-3-6-10-17)25(33)34-15-22(31)28-29-24(32)18-11-7-4-8-12-18/h3-14,16H,15H2,1-2H3,(H,28,31)(H,29,32). The fourth-order valence-corrected chi connectivity index (χ4v) is 3.35. The van der Waals surface area contributed by atoms with E-state index in [9.17, 15) is 14.4 Å². The van der Waals surface area contributed by atoms with Crippen LogP contribution in [0.3, 0.4) is 0 Å². The first-order valence-electron chi connectivity index (χ1n) is 10.7. The van der Waals surface area contributed by atoms with Gasteiger partial charge in [0.15, 0.2) is 12.3 Å². The van der Waals surface area contributed by atoms with Crippen LogP contribution < -0.4 is 10.9 Å². The van der Waals surface area contributed by atoms with Gasteiger partial charge in [0.05, 0.1) is 22.8 Å². The number of rotatable bonds is 6. The molecule has 0 atom stereocenters. The molecule has 4 rings (SSSR count). The Balaban J connectivity index is 1.50. The number of nitrogens with zero attached hydrogens (tertiary/aromatic N) is 3. The van der Waals surface area contributed by atoms with Gasteiger partial charge in [-0.1, -0.05) is 48.5 Å². The van der Waals surface area contributed by atoms with Crippen molar-refractivity contribution in [3.8, 4) is 11.3 Å². The summed E-state index contributed by atoms with van der Waals surface area (Å²) in [5.41, 5.74) is 7.11. The first-order chi connectivity index (χ1) is 16.4. The maximum atomic E-state index is 12.9. The van der Waals surface area contributed by atoms with Crippen LogP contribution in [0.2, 0.25) is 0 Å². The summed E-state index contributed by atoms with van der Waals surface area (Å²) in [4.78, 5) is 41.8. The fraction of sp³-hybridized carbons (Fsp3) is 0.160. The minimum absolute atomic E-state index is 0.0268. The Labute approximate surface area is 195 Å². The summed E-state index contributed by atoms with van der Waals surface area (Å²) in [5.74, 6) is -1.86. The Morgan fingerprint density at radius 3 is 2.32 bits per heavy atom. The molecule has 0 spiro atoms. The van der Waals surface area contributed by atoms with Crippen molar-refractivity contribution in [3.63, 3.8) is 0 Å². The third kappa shape index (κ3) is 4.93. The number of fused-ring (bicyclic) bond motifs is 1. The molecule has 0 aliphatic heterocycles. The van der Waals surface area contributed by atoms with Crippen molar-refractivity contribution >= 4 is 28.8 Å². The zero-order valence-corrected chi connectivity index (χ0v) is 18.7. The van der Waals surface area contributed by atoms with Gasteiger partial charge in [0, 0.05) is 17.2 Å². The lowest BCUT2D eigenvalue weighted by atomic mass is 10.1. The van der Waals surface area contributed by atoms with Gasteiger partial charge in [0.2, 0.25) is 0 Å². The van der Waals surface area contributed by atoms with Crippen molar-refractivity contribution in [3.05, 3.63) is 84.1 Å². The van der Waals surface area contributed by atoms with E-state index >= 15 is 0 Å². The third-order valence-electron chi connectivity index (χ3n) is 5.03. The molecule has 0 bridgehead atoms. The van der Waals surface area contributed by atoms with Crippen LogP contribution in [0.4, 0.5) is 0 Å². The van der Waals surface area contributed by atoms with Crippen LogP contribution in [0.15, 0.2) is 72.9 Å². The smallest absolute Gasteiger partial charge is 0.339 e. The lowest BCUT2D eigenvalue weighted by molar-refractivity contribution is -0.125. The fourth-order valence-electron chi connectivity index (χ4n) is 3.35. The number of hydrogen-bond acceptors (Lipinski definition) is 6. The second-order valence-corrected chi connectivity index (χ2v) is 7.79. The van der Waals surface area contributed by atoms with E-state index in [1.807, 2.05) is 44.2 Å². The molecule has 4 aromatic rings. The highest BCUT2D eigenvalue weighted by molar-refractivity contribution is 6.04. The van der Waals surface area contributed by atoms with E-state index in [1.54, 1.807) is 47.3 Å². The van der Waals surface area contributed by atoms with Crippen LogP contribution in [0, 0.1) is 0 Å². The molecule has 0 radical (unpaired) electrons. The van der Waals surface area contributed by atoms with E-state index in [1.165, 1.54) is 0 Å². The summed E-state index contributed by atoms with van der Waals surface area (Å²) in [7, 11) is 0. The molecule has 2 heterocycles. The molecule has 34 heavy (non-hydrogen) atoms. The SMILES string of the molecule is CC(C)n1ncc2c(C(=O)OCC(=O)NNC(=O)c3ccccc3)cc(-c3ccccc3)nc21. The minimum Gasteiger partial charge on any atom is -0.452 e. The van der Waals surface area contributed by atoms with Crippen molar-refractivity contribution in [1.82, 2.24) is 25.6 Å². The summed E-state index contributed by atoms with van der Waals surface area (Å²) in [5, 5.41) is 4.89. The average molecular weight is 457 g/mol. The third-order valence-corrected chi connectivity index (χ3v) is 5.03. The number of amides is 2. The lowest BCUT2D eigenvalue weighted by Crippen LogP contribution is -2.43. The molecular weight excluding hydrogens is 434 g/mol. The Kier molecular flexibility index (Phi) is 6.63. The monoisotopic (exact) mass is 457 g/mol. The molecule has 9 nitrogen and oxygen atoms in total. The van der Waals surface area contributed by atoms with Crippen LogP contribution >= 0.6 is 0 Å². The van der Waals surface area contributed by atoms with E-state index in [2.05, 4.69) is 16.0 Å². The van der Waals surface area contributed by atoms with Gasteiger partial charge in [0.1, 0.15) is 0 Å². The van der Waals surface area contributed by atoms with Crippen molar-refractivity contribution in [2.45, 2.75) is 19.9 Å². The number of ether oxygens (including phenoxy) is 1. The van der Waals surface area contributed by atoms with Crippen LogP contribution in [0.25, 0.3) is 22.3 Å². The highest BCUT2D eigenvalue weighted by atomic mass is 16.5. The molecule has 0 unspecified atom stereocenters. The summed E-state index contributed by atoms with van der Waals surface area (Å²) < 4.78 is 6.96. The highest BCUT2D eigenvalue weighted by Gasteiger charge is 2.20. The van der Waals surface area contributed by atoms with Crippen molar-refractivity contribution < 1.29 is 19.1 Å². The number of pyridine rings is 1. The van der Waals surface area contributed by atoms with Gasteiger partial charge in [-0.25, -0.2) is 14.5 Å². The Hall–Kier alpha value is -4.53. The van der Waals surface area contributed by atoms with Crippen LogP contribution in [0.1, 0.15) is 40.6 Å². The van der Waals surface area contributed by atoms with E-state index < -0.39 is 24.4 Å². The molecule has 0 fully saturated rings. The highest BCUT2D eigenvalue weighted by Crippen LogP contribution is 2.26. The van der Waals surface area contributed by atoms with E-state index in [4.69, 9.17) is 9.72 Å². The molecule has 2 aromatic carbocycles. The van der Waals surface area contributed by atoms with Crippen molar-refractivity contribution in [1.29, 1.82) is 0 Å². The Morgan fingerprint density at radius 2 is 1.65 bits per heavy atom. The molecule has 2 N–H and O–H groups in total. The Bertz CT molecular complexity index is 1330. The zero-order valence-electron chi connectivity index (χ0n) is 18.7. The predicted molar refractivity (Wildman–Crippen MR) is 126 cm³/mol. The van der Waals surface area contributed by atoms with Gasteiger partial charge in [-0.3, -0.25) is 20.4 Å². The molecular formula is C25H23N5O4. The van der Waals surface area contributed by atoms with E-state index in [0.29, 0.717) is 22.3 Å². The number of hydrogen-bond donors (Lipinski definition) is 2. The van der Waals surface area contributed by atoms with Crippen molar-refractivity contribution in [2.75, 3.05) is 6.61 Å². The zero-order chi connectivity index (χ0) is 24.1.